The second-order valence-electron chi connectivity index (χ2n) is 5.75. The number of hydrogen-bond acceptors (Lipinski definition) is 2. The first-order valence-corrected chi connectivity index (χ1v) is 8.89. The van der Waals surface area contributed by atoms with Gasteiger partial charge in [0, 0.05) is 11.4 Å². The predicted octanol–water partition coefficient (Wildman–Crippen LogP) is 6.54. The minimum absolute atomic E-state index is 1.13. The van der Waals surface area contributed by atoms with Crippen molar-refractivity contribution in [3.05, 3.63) is 0 Å². The summed E-state index contributed by atoms with van der Waals surface area (Å²) < 4.78 is 0. The number of hydrogen-bond donors (Lipinski definition) is 0. The molecule has 2 nitrogen and oxygen atoms in total. The zero-order valence-corrected chi connectivity index (χ0v) is 14.4. The molecule has 0 radical (unpaired) electrons. The molecule has 0 bridgehead atoms. The third kappa shape index (κ3) is 11.2. The van der Waals surface area contributed by atoms with E-state index in [2.05, 4.69) is 37.9 Å². The molecule has 0 heterocycles. The van der Waals surface area contributed by atoms with Crippen LogP contribution in [0.1, 0.15) is 105 Å². The molecule has 0 aromatic heterocycles. The highest BCUT2D eigenvalue weighted by atomic mass is 15.2. The Balaban J connectivity index is 4.58. The van der Waals surface area contributed by atoms with Crippen molar-refractivity contribution in [2.24, 2.45) is 10.2 Å². The van der Waals surface area contributed by atoms with Crippen LogP contribution in [-0.2, 0) is 0 Å². The van der Waals surface area contributed by atoms with E-state index in [-0.39, 0.29) is 0 Å². The quantitative estimate of drug-likeness (QED) is 0.270. The topological polar surface area (TPSA) is 24.7 Å². The molecule has 0 aromatic rings. The van der Waals surface area contributed by atoms with E-state index in [9.17, 15) is 0 Å². The Bertz CT molecular complexity index is 219. The fraction of sp³-hybridized carbons (Fsp3) is 0.889. The summed E-state index contributed by atoms with van der Waals surface area (Å²) >= 11 is 0. The molecule has 0 aliphatic rings. The lowest BCUT2D eigenvalue weighted by Gasteiger charge is -2.06. The van der Waals surface area contributed by atoms with Crippen molar-refractivity contribution in [2.45, 2.75) is 105 Å². The summed E-state index contributed by atoms with van der Waals surface area (Å²) in [5.74, 6) is 0. The third-order valence-electron chi connectivity index (χ3n) is 3.61. The Morgan fingerprint density at radius 1 is 0.500 bits per heavy atom. The fourth-order valence-corrected chi connectivity index (χ4v) is 2.11. The summed E-state index contributed by atoms with van der Waals surface area (Å²) in [5, 5.41) is 9.22. The van der Waals surface area contributed by atoms with Crippen LogP contribution in [0.15, 0.2) is 10.2 Å². The van der Waals surface area contributed by atoms with Crippen LogP contribution in [0, 0.1) is 0 Å². The average Bonchev–Trinajstić information content (AvgIpc) is 2.48. The van der Waals surface area contributed by atoms with E-state index in [1.54, 1.807) is 0 Å². The lowest BCUT2D eigenvalue weighted by molar-refractivity contribution is 0.772. The molecule has 20 heavy (non-hydrogen) atoms. The molecule has 0 saturated carbocycles. The second kappa shape index (κ2) is 14.7. The summed E-state index contributed by atoms with van der Waals surface area (Å²) in [4.78, 5) is 0. The number of unbranched alkanes of at least 4 members (excludes halogenated alkanes) is 4. The standard InChI is InChI=1S/C18H36N2/c1-5-9-13-17(14-10-6-2)19-20-18(15-11-7-3)16-12-8-4/h5-16H2,1-4H3. The van der Waals surface area contributed by atoms with Gasteiger partial charge in [-0.1, -0.05) is 53.4 Å². The van der Waals surface area contributed by atoms with Crippen molar-refractivity contribution in [3.63, 3.8) is 0 Å². The van der Waals surface area contributed by atoms with E-state index >= 15 is 0 Å². The van der Waals surface area contributed by atoms with Crippen molar-refractivity contribution >= 4 is 11.4 Å². The minimum atomic E-state index is 1.13. The monoisotopic (exact) mass is 280 g/mol. The highest BCUT2D eigenvalue weighted by molar-refractivity contribution is 5.88. The maximum atomic E-state index is 4.61. The number of rotatable bonds is 13. The van der Waals surface area contributed by atoms with Crippen LogP contribution >= 0.6 is 0 Å². The lowest BCUT2D eigenvalue weighted by Crippen LogP contribution is -2.01. The molecule has 0 fully saturated rings. The Kier molecular flexibility index (Phi) is 14.3. The molecule has 0 amide bonds. The molecule has 118 valence electrons. The van der Waals surface area contributed by atoms with Gasteiger partial charge in [0.05, 0.1) is 0 Å². The highest BCUT2D eigenvalue weighted by Crippen LogP contribution is 2.09. The van der Waals surface area contributed by atoms with Crippen molar-refractivity contribution in [2.75, 3.05) is 0 Å². The Morgan fingerprint density at radius 2 is 0.750 bits per heavy atom. The van der Waals surface area contributed by atoms with Crippen molar-refractivity contribution in [3.8, 4) is 0 Å². The SMILES string of the molecule is CCCCC(CCCC)=NN=C(CCCC)CCCC. The van der Waals surface area contributed by atoms with E-state index in [1.165, 1.54) is 62.8 Å². The summed E-state index contributed by atoms with van der Waals surface area (Å²) in [6.45, 7) is 8.98. The van der Waals surface area contributed by atoms with E-state index in [4.69, 9.17) is 0 Å². The maximum Gasteiger partial charge on any atom is 0.0405 e. The average molecular weight is 280 g/mol. The smallest absolute Gasteiger partial charge is 0.0405 e. The molecule has 0 saturated heterocycles. The van der Waals surface area contributed by atoms with Crippen LogP contribution in [0.5, 0.6) is 0 Å². The molecule has 0 unspecified atom stereocenters. The molecule has 0 aliphatic heterocycles. The molecular formula is C18H36N2. The van der Waals surface area contributed by atoms with Crippen LogP contribution in [0.3, 0.4) is 0 Å². The number of nitrogens with zero attached hydrogens (tertiary/aromatic N) is 2. The van der Waals surface area contributed by atoms with E-state index in [1.807, 2.05) is 0 Å². The molecule has 0 aromatic carbocycles. The van der Waals surface area contributed by atoms with Gasteiger partial charge in [-0.3, -0.25) is 0 Å². The maximum absolute atomic E-state index is 4.61. The summed E-state index contributed by atoms with van der Waals surface area (Å²) in [6, 6.07) is 0. The molecular weight excluding hydrogens is 244 g/mol. The van der Waals surface area contributed by atoms with Gasteiger partial charge < -0.3 is 0 Å². The van der Waals surface area contributed by atoms with Crippen LogP contribution in [0.2, 0.25) is 0 Å². The fourth-order valence-electron chi connectivity index (χ4n) is 2.11. The Labute approximate surface area is 127 Å². The minimum Gasteiger partial charge on any atom is -0.160 e. The first kappa shape index (κ1) is 19.3. The van der Waals surface area contributed by atoms with Gasteiger partial charge >= 0.3 is 0 Å². The molecule has 2 heteroatoms. The van der Waals surface area contributed by atoms with Gasteiger partial charge in [-0.15, -0.1) is 0 Å². The third-order valence-corrected chi connectivity index (χ3v) is 3.61. The zero-order chi connectivity index (χ0) is 15.1. The van der Waals surface area contributed by atoms with Gasteiger partial charge in [0.15, 0.2) is 0 Å². The molecule has 0 spiro atoms. The summed E-state index contributed by atoms with van der Waals surface area (Å²) in [6.07, 6.45) is 14.5. The first-order valence-electron chi connectivity index (χ1n) is 8.89. The summed E-state index contributed by atoms with van der Waals surface area (Å²) in [5.41, 5.74) is 2.64. The second-order valence-corrected chi connectivity index (χ2v) is 5.75. The van der Waals surface area contributed by atoms with Crippen LogP contribution in [0.4, 0.5) is 0 Å². The van der Waals surface area contributed by atoms with Crippen molar-refractivity contribution in [1.29, 1.82) is 0 Å². The molecule has 0 N–H and O–H groups in total. The Hall–Kier alpha value is -0.660. The van der Waals surface area contributed by atoms with Crippen molar-refractivity contribution in [1.82, 2.24) is 0 Å². The normalized spacial score (nSPS) is 10.4. The molecule has 0 aliphatic carbocycles. The first-order chi connectivity index (χ1) is 9.78. The van der Waals surface area contributed by atoms with Gasteiger partial charge in [0.1, 0.15) is 0 Å². The van der Waals surface area contributed by atoms with Gasteiger partial charge in [0.25, 0.3) is 0 Å². The van der Waals surface area contributed by atoms with Gasteiger partial charge in [-0.05, 0) is 51.4 Å². The molecule has 0 atom stereocenters. The van der Waals surface area contributed by atoms with E-state index < -0.39 is 0 Å². The predicted molar refractivity (Wildman–Crippen MR) is 93.0 cm³/mol. The molecule has 0 rings (SSSR count). The van der Waals surface area contributed by atoms with E-state index in [0.29, 0.717) is 0 Å². The van der Waals surface area contributed by atoms with Gasteiger partial charge in [-0.25, -0.2) is 0 Å². The van der Waals surface area contributed by atoms with Crippen LogP contribution in [-0.4, -0.2) is 11.4 Å². The van der Waals surface area contributed by atoms with Gasteiger partial charge in [-0.2, -0.15) is 10.2 Å². The highest BCUT2D eigenvalue weighted by Gasteiger charge is 2.01. The van der Waals surface area contributed by atoms with Crippen molar-refractivity contribution < 1.29 is 0 Å². The van der Waals surface area contributed by atoms with Gasteiger partial charge in [0.2, 0.25) is 0 Å². The van der Waals surface area contributed by atoms with E-state index in [0.717, 1.165) is 25.7 Å². The van der Waals surface area contributed by atoms with Crippen LogP contribution < -0.4 is 0 Å². The van der Waals surface area contributed by atoms with Crippen LogP contribution in [0.25, 0.3) is 0 Å². The largest absolute Gasteiger partial charge is 0.160 e. The summed E-state index contributed by atoms with van der Waals surface area (Å²) in [7, 11) is 0. The lowest BCUT2D eigenvalue weighted by atomic mass is 10.1. The zero-order valence-electron chi connectivity index (χ0n) is 14.4. The Morgan fingerprint density at radius 3 is 0.950 bits per heavy atom.